The minimum Gasteiger partial charge on any atom is -0.352 e. The zero-order chi connectivity index (χ0) is 24.1. The molecule has 4 atom stereocenters. The summed E-state index contributed by atoms with van der Waals surface area (Å²) in [6.45, 7) is 4.33. The molecule has 2 amide bonds. The van der Waals surface area contributed by atoms with Crippen molar-refractivity contribution >= 4 is 34.5 Å². The third-order valence-electron chi connectivity index (χ3n) is 7.21. The molecule has 0 bridgehead atoms. The molecule has 0 spiro atoms. The van der Waals surface area contributed by atoms with Gasteiger partial charge in [-0.25, -0.2) is 0 Å². The van der Waals surface area contributed by atoms with Gasteiger partial charge in [0.2, 0.25) is 11.8 Å². The molecule has 34 heavy (non-hydrogen) atoms. The fourth-order valence-corrected chi connectivity index (χ4v) is 5.61. The lowest BCUT2D eigenvalue weighted by Crippen LogP contribution is -2.49. The van der Waals surface area contributed by atoms with Gasteiger partial charge in [0.15, 0.2) is 5.78 Å². The molecule has 8 heteroatoms. The highest BCUT2D eigenvalue weighted by atomic mass is 16.6. The van der Waals surface area contributed by atoms with E-state index in [-0.39, 0.29) is 28.8 Å². The van der Waals surface area contributed by atoms with Gasteiger partial charge >= 0.3 is 0 Å². The van der Waals surface area contributed by atoms with Crippen molar-refractivity contribution in [2.75, 3.05) is 11.4 Å². The van der Waals surface area contributed by atoms with Crippen molar-refractivity contribution in [1.82, 2.24) is 4.90 Å². The predicted octanol–water partition coefficient (Wildman–Crippen LogP) is 3.85. The zero-order valence-corrected chi connectivity index (χ0v) is 19.0. The van der Waals surface area contributed by atoms with Crippen molar-refractivity contribution in [3.8, 4) is 0 Å². The van der Waals surface area contributed by atoms with Crippen molar-refractivity contribution in [2.45, 2.75) is 38.8 Å². The van der Waals surface area contributed by atoms with Gasteiger partial charge in [0, 0.05) is 35.5 Å². The quantitative estimate of drug-likeness (QED) is 0.281. The average molecular weight is 460 g/mol. The monoisotopic (exact) mass is 459 g/mol. The second-order valence-corrected chi connectivity index (χ2v) is 9.11. The van der Waals surface area contributed by atoms with E-state index in [1.807, 2.05) is 49.1 Å². The zero-order valence-electron chi connectivity index (χ0n) is 19.0. The number of likely N-dealkylation sites (tertiary alicyclic amines) is 1. The van der Waals surface area contributed by atoms with Gasteiger partial charge in [-0.3, -0.25) is 29.4 Å². The molecule has 0 radical (unpaired) electrons. The number of benzene rings is 2. The summed E-state index contributed by atoms with van der Waals surface area (Å²) in [6, 6.07) is 11.8. The summed E-state index contributed by atoms with van der Waals surface area (Å²) in [5.41, 5.74) is 2.96. The van der Waals surface area contributed by atoms with E-state index in [9.17, 15) is 24.5 Å². The summed E-state index contributed by atoms with van der Waals surface area (Å²) in [5.74, 6) is -2.27. The number of carbonyl (C=O) groups excluding carboxylic acids is 3. The van der Waals surface area contributed by atoms with Crippen molar-refractivity contribution in [3.63, 3.8) is 0 Å². The molecule has 3 aliphatic heterocycles. The lowest BCUT2D eigenvalue weighted by Gasteiger charge is -2.38. The highest BCUT2D eigenvalue weighted by Crippen LogP contribution is 2.50. The van der Waals surface area contributed by atoms with Crippen LogP contribution in [0.5, 0.6) is 0 Å². The van der Waals surface area contributed by atoms with E-state index in [2.05, 4.69) is 0 Å². The molecule has 3 heterocycles. The second kappa shape index (κ2) is 8.20. The molecule has 2 aromatic carbocycles. The number of unbranched alkanes of at least 4 members (excludes halogenated alkanes) is 1. The highest BCUT2D eigenvalue weighted by molar-refractivity contribution is 6.14. The van der Waals surface area contributed by atoms with Gasteiger partial charge in [-0.05, 0) is 37.1 Å². The van der Waals surface area contributed by atoms with Gasteiger partial charge in [0.25, 0.3) is 5.69 Å². The lowest BCUT2D eigenvalue weighted by molar-refractivity contribution is -0.384. The van der Waals surface area contributed by atoms with E-state index in [1.165, 1.54) is 29.2 Å². The normalized spacial score (nSPS) is 25.1. The molecule has 3 aliphatic rings. The molecule has 0 saturated carbocycles. The van der Waals surface area contributed by atoms with Crippen LogP contribution in [0.4, 0.5) is 11.4 Å². The number of nitro groups is 1. The number of fused-ring (bicyclic) bond motifs is 5. The Morgan fingerprint density at radius 2 is 1.71 bits per heavy atom. The Labute approximate surface area is 197 Å². The summed E-state index contributed by atoms with van der Waals surface area (Å²) >= 11 is 0. The standard InChI is InChI=1S/C26H25N3O5/c1-3-4-13-27-25(31)21-20-14-15(2)18-7-5-6-8-19(18)28(20)23(22(21)26(27)32)24(30)16-9-11-17(12-10-16)29(33)34/h5-12,14,20-23H,3-4,13H2,1-2H3. The summed E-state index contributed by atoms with van der Waals surface area (Å²) < 4.78 is 0. The Hall–Kier alpha value is -3.81. The Kier molecular flexibility index (Phi) is 5.31. The first kappa shape index (κ1) is 22.0. The van der Waals surface area contributed by atoms with E-state index in [0.717, 1.165) is 23.2 Å². The van der Waals surface area contributed by atoms with Gasteiger partial charge in [-0.1, -0.05) is 37.6 Å². The van der Waals surface area contributed by atoms with E-state index in [0.29, 0.717) is 13.0 Å². The Morgan fingerprint density at radius 1 is 1.03 bits per heavy atom. The largest absolute Gasteiger partial charge is 0.352 e. The first-order chi connectivity index (χ1) is 16.3. The molecule has 0 N–H and O–H groups in total. The van der Waals surface area contributed by atoms with Crippen LogP contribution in [-0.2, 0) is 9.59 Å². The van der Waals surface area contributed by atoms with Gasteiger partial charge in [-0.2, -0.15) is 0 Å². The van der Waals surface area contributed by atoms with Gasteiger partial charge < -0.3 is 4.90 Å². The van der Waals surface area contributed by atoms with Crippen molar-refractivity contribution in [2.24, 2.45) is 11.8 Å². The molecule has 174 valence electrons. The van der Waals surface area contributed by atoms with E-state index in [1.54, 1.807) is 0 Å². The lowest BCUT2D eigenvalue weighted by atomic mass is 9.85. The van der Waals surface area contributed by atoms with E-state index in [4.69, 9.17) is 0 Å². The Morgan fingerprint density at radius 3 is 2.38 bits per heavy atom. The molecule has 2 saturated heterocycles. The van der Waals surface area contributed by atoms with Crippen LogP contribution < -0.4 is 4.90 Å². The number of nitrogens with zero attached hydrogens (tertiary/aromatic N) is 3. The predicted molar refractivity (Wildman–Crippen MR) is 126 cm³/mol. The number of anilines is 1. The maximum absolute atomic E-state index is 13.9. The topological polar surface area (TPSA) is 101 Å². The van der Waals surface area contributed by atoms with Crippen LogP contribution in [0.3, 0.4) is 0 Å². The number of para-hydroxylation sites is 1. The fraction of sp³-hybridized carbons (Fsp3) is 0.346. The molecule has 5 rings (SSSR count). The molecule has 0 aliphatic carbocycles. The summed E-state index contributed by atoms with van der Waals surface area (Å²) in [5, 5.41) is 11.1. The first-order valence-electron chi connectivity index (χ1n) is 11.5. The third-order valence-corrected chi connectivity index (χ3v) is 7.21. The van der Waals surface area contributed by atoms with Gasteiger partial charge in [0.1, 0.15) is 6.04 Å². The summed E-state index contributed by atoms with van der Waals surface area (Å²) in [4.78, 5) is 54.7. The number of non-ortho nitro benzene ring substituents is 1. The maximum atomic E-state index is 13.9. The third kappa shape index (κ3) is 3.16. The van der Waals surface area contributed by atoms with Crippen molar-refractivity contribution in [1.29, 1.82) is 0 Å². The smallest absolute Gasteiger partial charge is 0.269 e. The minimum atomic E-state index is -0.870. The number of ketones is 1. The van der Waals surface area contributed by atoms with Gasteiger partial charge in [-0.15, -0.1) is 0 Å². The van der Waals surface area contributed by atoms with E-state index >= 15 is 0 Å². The summed E-state index contributed by atoms with van der Waals surface area (Å²) in [6.07, 6.45) is 3.56. The number of hydrogen-bond donors (Lipinski definition) is 0. The number of nitro benzene ring substituents is 1. The van der Waals surface area contributed by atoms with Crippen LogP contribution in [0, 0.1) is 22.0 Å². The Bertz CT molecular complexity index is 1240. The van der Waals surface area contributed by atoms with Crippen molar-refractivity contribution in [3.05, 3.63) is 75.8 Å². The molecule has 4 unspecified atom stereocenters. The van der Waals surface area contributed by atoms with Crippen LogP contribution in [0.15, 0.2) is 54.6 Å². The SMILES string of the molecule is CCCCN1C(=O)C2C(C1=O)C(C(=O)c1ccc([N+](=O)[O-])cc1)N1c3ccccc3C(C)=CC21. The number of Topliss-reactive ketones (excluding diaryl/α,β-unsaturated/α-hetero) is 1. The molecule has 2 fully saturated rings. The van der Waals surface area contributed by atoms with E-state index < -0.39 is 28.8 Å². The van der Waals surface area contributed by atoms with Gasteiger partial charge in [0.05, 0.1) is 22.8 Å². The number of allylic oxidation sites excluding steroid dienone is 1. The molecular weight excluding hydrogens is 434 g/mol. The minimum absolute atomic E-state index is 0.113. The van der Waals surface area contributed by atoms with Crippen LogP contribution >= 0.6 is 0 Å². The number of rotatable bonds is 6. The van der Waals surface area contributed by atoms with Crippen LogP contribution in [-0.4, -0.2) is 46.0 Å². The molecule has 2 aromatic rings. The molecule has 8 nitrogen and oxygen atoms in total. The van der Waals surface area contributed by atoms with Crippen LogP contribution in [0.1, 0.15) is 42.6 Å². The summed E-state index contributed by atoms with van der Waals surface area (Å²) in [7, 11) is 0. The fourth-order valence-electron chi connectivity index (χ4n) is 5.61. The number of imide groups is 1. The Balaban J connectivity index is 1.62. The highest BCUT2D eigenvalue weighted by Gasteiger charge is 2.64. The average Bonchev–Trinajstić information content (AvgIpc) is 3.30. The second-order valence-electron chi connectivity index (χ2n) is 9.11. The number of carbonyl (C=O) groups is 3. The molecular formula is C26H25N3O5. The molecule has 0 aromatic heterocycles. The number of amides is 2. The van der Waals surface area contributed by atoms with Crippen LogP contribution in [0.25, 0.3) is 5.57 Å². The van der Waals surface area contributed by atoms with Crippen LogP contribution in [0.2, 0.25) is 0 Å². The first-order valence-corrected chi connectivity index (χ1v) is 11.5. The maximum Gasteiger partial charge on any atom is 0.269 e. The number of hydrogen-bond acceptors (Lipinski definition) is 6. The van der Waals surface area contributed by atoms with Crippen molar-refractivity contribution < 1.29 is 19.3 Å².